The molecule has 19 heavy (non-hydrogen) atoms. The Kier molecular flexibility index (Phi) is 4.21. The van der Waals surface area contributed by atoms with Gasteiger partial charge in [-0.25, -0.2) is 4.98 Å². The molecule has 1 aromatic carbocycles. The van der Waals surface area contributed by atoms with Crippen LogP contribution >= 0.6 is 27.5 Å². The minimum Gasteiger partial charge on any atom is -0.383 e. The summed E-state index contributed by atoms with van der Waals surface area (Å²) in [5.41, 5.74) is 8.05. The van der Waals surface area contributed by atoms with Crippen LogP contribution in [0.5, 0.6) is 0 Å². The van der Waals surface area contributed by atoms with E-state index in [1.807, 2.05) is 18.2 Å². The molecule has 0 radical (unpaired) electrons. The zero-order valence-corrected chi connectivity index (χ0v) is 13.6. The number of imidazole rings is 1. The van der Waals surface area contributed by atoms with Crippen molar-refractivity contribution in [3.63, 3.8) is 0 Å². The van der Waals surface area contributed by atoms with Crippen molar-refractivity contribution in [1.82, 2.24) is 9.55 Å². The van der Waals surface area contributed by atoms with Crippen molar-refractivity contribution in [1.29, 1.82) is 0 Å². The second-order valence-electron chi connectivity index (χ2n) is 4.71. The first-order chi connectivity index (χ1) is 8.95. The second kappa shape index (κ2) is 5.55. The number of anilines is 1. The molecule has 0 aliphatic heterocycles. The van der Waals surface area contributed by atoms with Gasteiger partial charge < -0.3 is 10.3 Å². The fraction of sp³-hybridized carbons (Fsp3) is 0.357. The van der Waals surface area contributed by atoms with Crippen molar-refractivity contribution < 1.29 is 0 Å². The van der Waals surface area contributed by atoms with Crippen molar-refractivity contribution in [3.05, 3.63) is 33.5 Å². The van der Waals surface area contributed by atoms with Crippen LogP contribution in [0.2, 0.25) is 5.02 Å². The lowest BCUT2D eigenvalue weighted by molar-refractivity contribution is 0.579. The molecule has 0 saturated heterocycles. The van der Waals surface area contributed by atoms with Gasteiger partial charge in [-0.15, -0.1) is 0 Å². The predicted molar refractivity (Wildman–Crippen MR) is 84.5 cm³/mol. The van der Waals surface area contributed by atoms with E-state index in [4.69, 9.17) is 17.3 Å². The van der Waals surface area contributed by atoms with Crippen LogP contribution in [0.15, 0.2) is 22.7 Å². The van der Waals surface area contributed by atoms with Crippen LogP contribution < -0.4 is 5.73 Å². The lowest BCUT2D eigenvalue weighted by Crippen LogP contribution is -2.08. The third-order valence-corrected chi connectivity index (χ3v) is 4.26. The van der Waals surface area contributed by atoms with Gasteiger partial charge in [0, 0.05) is 22.5 Å². The number of benzene rings is 1. The van der Waals surface area contributed by atoms with Gasteiger partial charge in [-0.1, -0.05) is 24.6 Å². The van der Waals surface area contributed by atoms with E-state index in [1.54, 1.807) is 0 Å². The van der Waals surface area contributed by atoms with E-state index in [0.717, 1.165) is 28.0 Å². The van der Waals surface area contributed by atoms with Crippen molar-refractivity contribution in [2.24, 2.45) is 0 Å². The molecule has 2 rings (SSSR count). The third kappa shape index (κ3) is 2.65. The lowest BCUT2D eigenvalue weighted by Gasteiger charge is -2.12. The first-order valence-corrected chi connectivity index (χ1v) is 7.44. The summed E-state index contributed by atoms with van der Waals surface area (Å²) in [6, 6.07) is 6.04. The maximum atomic E-state index is 6.25. The Morgan fingerprint density at radius 3 is 2.58 bits per heavy atom. The van der Waals surface area contributed by atoms with Crippen molar-refractivity contribution >= 4 is 33.3 Å². The van der Waals surface area contributed by atoms with Crippen LogP contribution in [-0.4, -0.2) is 9.55 Å². The smallest absolute Gasteiger partial charge is 0.131 e. The summed E-state index contributed by atoms with van der Waals surface area (Å²) >= 11 is 9.45. The monoisotopic (exact) mass is 341 g/mol. The third-order valence-electron chi connectivity index (χ3n) is 3.05. The van der Waals surface area contributed by atoms with E-state index in [-0.39, 0.29) is 0 Å². The SMILES string of the molecule is CCc1nc(-c2ccc(Cl)c(Br)c2)c(N)n1C(C)C. The lowest BCUT2D eigenvalue weighted by atomic mass is 10.1. The number of aryl methyl sites for hydroxylation is 1. The van der Waals surface area contributed by atoms with Crippen molar-refractivity contribution in [2.45, 2.75) is 33.2 Å². The number of hydrogen-bond donors (Lipinski definition) is 1. The van der Waals surface area contributed by atoms with E-state index in [0.29, 0.717) is 16.9 Å². The quantitative estimate of drug-likeness (QED) is 0.879. The summed E-state index contributed by atoms with van der Waals surface area (Å²) < 4.78 is 2.93. The predicted octanol–water partition coefficient (Wildman–Crippen LogP) is 4.69. The van der Waals surface area contributed by atoms with E-state index < -0.39 is 0 Å². The highest BCUT2D eigenvalue weighted by atomic mass is 79.9. The molecule has 0 unspecified atom stereocenters. The molecule has 0 saturated carbocycles. The highest BCUT2D eigenvalue weighted by Crippen LogP contribution is 2.33. The van der Waals surface area contributed by atoms with Crippen LogP contribution in [0.25, 0.3) is 11.3 Å². The number of hydrogen-bond acceptors (Lipinski definition) is 2. The second-order valence-corrected chi connectivity index (χ2v) is 5.97. The van der Waals surface area contributed by atoms with Gasteiger partial charge in [0.05, 0.1) is 5.02 Å². The van der Waals surface area contributed by atoms with Gasteiger partial charge in [0.1, 0.15) is 17.3 Å². The van der Waals surface area contributed by atoms with Crippen LogP contribution in [0.3, 0.4) is 0 Å². The maximum Gasteiger partial charge on any atom is 0.131 e. The molecule has 0 aliphatic rings. The summed E-state index contributed by atoms with van der Waals surface area (Å²) in [5.74, 6) is 1.72. The molecule has 0 atom stereocenters. The number of nitrogens with two attached hydrogens (primary N) is 1. The molecule has 0 fully saturated rings. The highest BCUT2D eigenvalue weighted by molar-refractivity contribution is 9.10. The number of nitrogens with zero attached hydrogens (tertiary/aromatic N) is 2. The summed E-state index contributed by atoms with van der Waals surface area (Å²) in [5, 5.41) is 0.682. The van der Waals surface area contributed by atoms with Gasteiger partial charge >= 0.3 is 0 Å². The van der Waals surface area contributed by atoms with Crippen molar-refractivity contribution in [3.8, 4) is 11.3 Å². The Labute approximate surface area is 126 Å². The average Bonchev–Trinajstić information content (AvgIpc) is 2.70. The molecule has 0 amide bonds. The van der Waals surface area contributed by atoms with Crippen molar-refractivity contribution in [2.75, 3.05) is 5.73 Å². The van der Waals surface area contributed by atoms with E-state index in [9.17, 15) is 0 Å². The van der Waals surface area contributed by atoms with E-state index in [2.05, 4.69) is 46.3 Å². The molecule has 0 spiro atoms. The Morgan fingerprint density at radius 1 is 1.42 bits per heavy atom. The summed E-state index contributed by atoms with van der Waals surface area (Å²) in [4.78, 5) is 4.66. The van der Waals surface area contributed by atoms with Gasteiger partial charge in [0.2, 0.25) is 0 Å². The molecule has 2 aromatic rings. The Morgan fingerprint density at radius 2 is 2.11 bits per heavy atom. The van der Waals surface area contributed by atoms with Gasteiger partial charge in [-0.05, 0) is 41.9 Å². The first kappa shape index (κ1) is 14.4. The maximum absolute atomic E-state index is 6.25. The highest BCUT2D eigenvalue weighted by Gasteiger charge is 2.17. The molecule has 5 heteroatoms. The number of rotatable bonds is 3. The largest absolute Gasteiger partial charge is 0.383 e. The number of aromatic nitrogens is 2. The molecular weight excluding hydrogens is 326 g/mol. The molecule has 1 heterocycles. The minimum atomic E-state index is 0.298. The fourth-order valence-electron chi connectivity index (χ4n) is 2.17. The number of nitrogen functional groups attached to an aromatic ring is 1. The fourth-order valence-corrected chi connectivity index (χ4v) is 2.67. The van der Waals surface area contributed by atoms with Gasteiger partial charge in [0.15, 0.2) is 0 Å². The topological polar surface area (TPSA) is 43.8 Å². The summed E-state index contributed by atoms with van der Waals surface area (Å²) in [6.07, 6.45) is 0.858. The zero-order valence-electron chi connectivity index (χ0n) is 11.2. The van der Waals surface area contributed by atoms with Gasteiger partial charge in [-0.3, -0.25) is 0 Å². The molecule has 2 N–H and O–H groups in total. The molecule has 0 bridgehead atoms. The van der Waals surface area contributed by atoms with Crippen LogP contribution in [0.1, 0.15) is 32.6 Å². The Bertz CT molecular complexity index is 605. The standard InChI is InChI=1S/C14H17BrClN3/c1-4-12-18-13(14(17)19(12)8(2)3)9-5-6-11(16)10(15)7-9/h5-8H,4,17H2,1-3H3. The summed E-state index contributed by atoms with van der Waals surface area (Å²) in [7, 11) is 0. The molecular formula is C14H17BrClN3. The van der Waals surface area contributed by atoms with Crippen LogP contribution in [-0.2, 0) is 6.42 Å². The van der Waals surface area contributed by atoms with Gasteiger partial charge in [-0.2, -0.15) is 0 Å². The van der Waals surface area contributed by atoms with Crippen LogP contribution in [0.4, 0.5) is 5.82 Å². The zero-order chi connectivity index (χ0) is 14.2. The Balaban J connectivity index is 2.59. The molecule has 102 valence electrons. The molecule has 0 aliphatic carbocycles. The Hall–Kier alpha value is -1.00. The normalized spacial score (nSPS) is 11.3. The average molecular weight is 343 g/mol. The number of halogens is 2. The minimum absolute atomic E-state index is 0.298. The van der Waals surface area contributed by atoms with Gasteiger partial charge in [0.25, 0.3) is 0 Å². The first-order valence-electron chi connectivity index (χ1n) is 6.27. The van der Waals surface area contributed by atoms with Crippen LogP contribution in [0, 0.1) is 0 Å². The molecule has 3 nitrogen and oxygen atoms in total. The summed E-state index contributed by atoms with van der Waals surface area (Å²) in [6.45, 7) is 6.31. The van der Waals surface area contributed by atoms with E-state index in [1.165, 1.54) is 0 Å². The molecule has 1 aromatic heterocycles. The van der Waals surface area contributed by atoms with E-state index >= 15 is 0 Å².